The lowest BCUT2D eigenvalue weighted by Crippen LogP contribution is -2.38. The number of benzene rings is 1. The van der Waals surface area contributed by atoms with Crippen LogP contribution < -0.4 is 0 Å². The third-order valence-electron chi connectivity index (χ3n) is 4.63. The lowest BCUT2D eigenvalue weighted by atomic mass is 9.93. The van der Waals surface area contributed by atoms with Crippen molar-refractivity contribution in [2.45, 2.75) is 51.1 Å². The van der Waals surface area contributed by atoms with E-state index in [2.05, 4.69) is 37.1 Å². The highest BCUT2D eigenvalue weighted by molar-refractivity contribution is 6.30. The summed E-state index contributed by atoms with van der Waals surface area (Å²) in [7, 11) is 2.15. The molecule has 1 fully saturated rings. The standard InChI is InChI=1S/C17H23ClN2/c1-13(14-8-10-16(18)11-9-14)20(2)17-7-5-3-4-6-15(17)12-19/h8-11,13,15,17H,3-7H2,1-2H3. The molecule has 0 saturated heterocycles. The predicted molar refractivity (Wildman–Crippen MR) is 83.6 cm³/mol. The van der Waals surface area contributed by atoms with E-state index in [0.29, 0.717) is 12.1 Å². The van der Waals surface area contributed by atoms with Crippen molar-refractivity contribution >= 4 is 11.6 Å². The zero-order valence-electron chi connectivity index (χ0n) is 12.3. The highest BCUT2D eigenvalue weighted by Crippen LogP contribution is 2.31. The average Bonchev–Trinajstić information content (AvgIpc) is 2.71. The Balaban J connectivity index is 2.13. The summed E-state index contributed by atoms with van der Waals surface area (Å²) >= 11 is 5.96. The molecule has 0 heterocycles. The first-order valence-corrected chi connectivity index (χ1v) is 7.88. The molecule has 1 aliphatic carbocycles. The van der Waals surface area contributed by atoms with E-state index in [9.17, 15) is 5.26 Å². The van der Waals surface area contributed by atoms with Gasteiger partial charge in [-0.15, -0.1) is 0 Å². The van der Waals surface area contributed by atoms with Gasteiger partial charge in [0.05, 0.1) is 12.0 Å². The number of nitrogens with zero attached hydrogens (tertiary/aromatic N) is 2. The van der Waals surface area contributed by atoms with Gasteiger partial charge in [-0.05, 0) is 44.5 Å². The molecule has 3 unspecified atom stereocenters. The van der Waals surface area contributed by atoms with Crippen LogP contribution in [0, 0.1) is 17.2 Å². The molecule has 0 bridgehead atoms. The molecule has 0 aromatic heterocycles. The van der Waals surface area contributed by atoms with Gasteiger partial charge in [-0.1, -0.05) is 43.0 Å². The maximum atomic E-state index is 9.43. The van der Waals surface area contributed by atoms with E-state index in [-0.39, 0.29) is 5.92 Å². The van der Waals surface area contributed by atoms with Crippen molar-refractivity contribution in [3.63, 3.8) is 0 Å². The van der Waals surface area contributed by atoms with Crippen LogP contribution in [-0.4, -0.2) is 18.0 Å². The third kappa shape index (κ3) is 3.53. The SMILES string of the molecule is CC(c1ccc(Cl)cc1)N(C)C1CCCCCC1C#N. The van der Waals surface area contributed by atoms with Gasteiger partial charge in [-0.2, -0.15) is 5.26 Å². The normalized spacial score (nSPS) is 24.9. The summed E-state index contributed by atoms with van der Waals surface area (Å²) in [5.41, 5.74) is 1.26. The van der Waals surface area contributed by atoms with Crippen LogP contribution in [0.2, 0.25) is 5.02 Å². The summed E-state index contributed by atoms with van der Waals surface area (Å²) in [6.45, 7) is 2.21. The molecule has 1 aromatic carbocycles. The van der Waals surface area contributed by atoms with E-state index in [1.807, 2.05) is 12.1 Å². The number of rotatable bonds is 3. The second-order valence-electron chi connectivity index (χ2n) is 5.83. The van der Waals surface area contributed by atoms with Crippen molar-refractivity contribution in [2.24, 2.45) is 5.92 Å². The smallest absolute Gasteiger partial charge is 0.0672 e. The maximum Gasteiger partial charge on any atom is 0.0672 e. The monoisotopic (exact) mass is 290 g/mol. The predicted octanol–water partition coefficient (Wildman–Crippen LogP) is 4.81. The first kappa shape index (κ1) is 15.4. The maximum absolute atomic E-state index is 9.43. The van der Waals surface area contributed by atoms with Gasteiger partial charge >= 0.3 is 0 Å². The first-order chi connectivity index (χ1) is 9.63. The van der Waals surface area contributed by atoms with Gasteiger partial charge in [-0.3, -0.25) is 4.90 Å². The largest absolute Gasteiger partial charge is 0.295 e. The van der Waals surface area contributed by atoms with Gasteiger partial charge in [0.2, 0.25) is 0 Å². The molecule has 1 aromatic rings. The molecule has 0 radical (unpaired) electrons. The molecule has 1 saturated carbocycles. The Morgan fingerprint density at radius 3 is 2.50 bits per heavy atom. The molecule has 0 N–H and O–H groups in total. The Hall–Kier alpha value is -1.04. The quantitative estimate of drug-likeness (QED) is 0.747. The summed E-state index contributed by atoms with van der Waals surface area (Å²) < 4.78 is 0. The van der Waals surface area contributed by atoms with E-state index in [1.54, 1.807) is 0 Å². The van der Waals surface area contributed by atoms with Crippen molar-refractivity contribution in [1.29, 1.82) is 5.26 Å². The van der Waals surface area contributed by atoms with E-state index in [4.69, 9.17) is 11.6 Å². The molecule has 0 spiro atoms. The van der Waals surface area contributed by atoms with Gasteiger partial charge < -0.3 is 0 Å². The van der Waals surface area contributed by atoms with Crippen LogP contribution in [0.3, 0.4) is 0 Å². The second-order valence-corrected chi connectivity index (χ2v) is 6.27. The summed E-state index contributed by atoms with van der Waals surface area (Å²) in [4.78, 5) is 2.38. The van der Waals surface area contributed by atoms with Gasteiger partial charge in [0.15, 0.2) is 0 Å². The summed E-state index contributed by atoms with van der Waals surface area (Å²) in [6.07, 6.45) is 5.86. The highest BCUT2D eigenvalue weighted by Gasteiger charge is 2.29. The Morgan fingerprint density at radius 1 is 1.20 bits per heavy atom. The van der Waals surface area contributed by atoms with Crippen molar-refractivity contribution in [3.8, 4) is 6.07 Å². The zero-order valence-corrected chi connectivity index (χ0v) is 13.1. The van der Waals surface area contributed by atoms with E-state index >= 15 is 0 Å². The van der Waals surface area contributed by atoms with E-state index < -0.39 is 0 Å². The van der Waals surface area contributed by atoms with Crippen molar-refractivity contribution < 1.29 is 0 Å². The topological polar surface area (TPSA) is 27.0 Å². The van der Waals surface area contributed by atoms with E-state index in [0.717, 1.165) is 17.9 Å². The van der Waals surface area contributed by atoms with Crippen LogP contribution in [0.15, 0.2) is 24.3 Å². The molecule has 3 heteroatoms. The molecule has 3 atom stereocenters. The molecule has 0 amide bonds. The summed E-state index contributed by atoms with van der Waals surface area (Å²) in [6, 6.07) is 11.3. The van der Waals surface area contributed by atoms with Crippen LogP contribution in [0.4, 0.5) is 0 Å². The minimum absolute atomic E-state index is 0.164. The molecule has 108 valence electrons. The average molecular weight is 291 g/mol. The fourth-order valence-corrected chi connectivity index (χ4v) is 3.32. The molecular formula is C17H23ClN2. The summed E-state index contributed by atoms with van der Waals surface area (Å²) in [5, 5.41) is 10.2. The fraction of sp³-hybridized carbons (Fsp3) is 0.588. The van der Waals surface area contributed by atoms with Crippen molar-refractivity contribution in [2.75, 3.05) is 7.05 Å². The van der Waals surface area contributed by atoms with Crippen LogP contribution in [-0.2, 0) is 0 Å². The Bertz CT molecular complexity index is 463. The lowest BCUT2D eigenvalue weighted by Gasteiger charge is -2.35. The number of hydrogen-bond donors (Lipinski definition) is 0. The minimum atomic E-state index is 0.164. The number of hydrogen-bond acceptors (Lipinski definition) is 2. The Morgan fingerprint density at radius 2 is 1.85 bits per heavy atom. The molecule has 1 aliphatic rings. The first-order valence-electron chi connectivity index (χ1n) is 7.50. The molecule has 2 nitrogen and oxygen atoms in total. The second kappa shape index (κ2) is 7.11. The minimum Gasteiger partial charge on any atom is -0.295 e. The number of nitriles is 1. The van der Waals surface area contributed by atoms with Crippen LogP contribution in [0.1, 0.15) is 50.6 Å². The molecule has 2 rings (SSSR count). The number of halogens is 1. The fourth-order valence-electron chi connectivity index (χ4n) is 3.19. The van der Waals surface area contributed by atoms with Crippen molar-refractivity contribution in [1.82, 2.24) is 4.90 Å². The Labute approximate surface area is 127 Å². The van der Waals surface area contributed by atoms with Gasteiger partial charge in [-0.25, -0.2) is 0 Å². The zero-order chi connectivity index (χ0) is 14.5. The van der Waals surface area contributed by atoms with Gasteiger partial charge in [0, 0.05) is 17.1 Å². The van der Waals surface area contributed by atoms with Gasteiger partial charge in [0.25, 0.3) is 0 Å². The van der Waals surface area contributed by atoms with Crippen LogP contribution in [0.5, 0.6) is 0 Å². The Kier molecular flexibility index (Phi) is 5.46. The van der Waals surface area contributed by atoms with Crippen LogP contribution >= 0.6 is 11.6 Å². The lowest BCUT2D eigenvalue weighted by molar-refractivity contribution is 0.144. The molecular weight excluding hydrogens is 268 g/mol. The van der Waals surface area contributed by atoms with E-state index in [1.165, 1.54) is 24.8 Å². The molecule has 20 heavy (non-hydrogen) atoms. The third-order valence-corrected chi connectivity index (χ3v) is 4.88. The van der Waals surface area contributed by atoms with Crippen molar-refractivity contribution in [3.05, 3.63) is 34.9 Å². The molecule has 0 aliphatic heterocycles. The highest BCUT2D eigenvalue weighted by atomic mass is 35.5. The summed E-state index contributed by atoms with van der Waals surface area (Å²) in [5.74, 6) is 0.164. The van der Waals surface area contributed by atoms with Gasteiger partial charge in [0.1, 0.15) is 0 Å². The van der Waals surface area contributed by atoms with Crippen LogP contribution in [0.25, 0.3) is 0 Å².